The largest absolute Gasteiger partial charge is 0.508 e. The summed E-state index contributed by atoms with van der Waals surface area (Å²) >= 11 is 19.5. The van der Waals surface area contributed by atoms with Crippen molar-refractivity contribution in [3.05, 3.63) is 96.8 Å². The molecule has 48 heavy (non-hydrogen) atoms. The van der Waals surface area contributed by atoms with Crippen molar-refractivity contribution in [2.24, 2.45) is 17.8 Å². The molecule has 1 N–H and O–H groups in total. The average Bonchev–Trinajstić information content (AvgIpc) is 3.39. The second kappa shape index (κ2) is 11.2. The van der Waals surface area contributed by atoms with Gasteiger partial charge in [0.1, 0.15) is 11.4 Å². The molecule has 7 nitrogen and oxygen atoms in total. The number of rotatable bonds is 3. The van der Waals surface area contributed by atoms with E-state index in [1.54, 1.807) is 30.3 Å². The Morgan fingerprint density at radius 2 is 1.42 bits per heavy atom. The molecule has 4 aliphatic rings. The SMILES string of the molecule is O=C1[C@H]2[C@H](CC=C3[C@H]2C[C@@]2(Cl)C(=O)N(c4c(F)c(F)c(F)c(F)c4F)C(=O)[C@@]2(Cl)[C@H]3c2cc(Br)ccc2O)C(=O)N1c1ccc(I)cc1. The van der Waals surface area contributed by atoms with Gasteiger partial charge in [-0.25, -0.2) is 26.9 Å². The number of phenolic OH excluding ortho intramolecular Hbond substituents is 1. The van der Waals surface area contributed by atoms with E-state index in [0.29, 0.717) is 4.47 Å². The molecular weight excluding hydrogens is 865 g/mol. The van der Waals surface area contributed by atoms with Crippen LogP contribution in [0.3, 0.4) is 0 Å². The van der Waals surface area contributed by atoms with E-state index in [9.17, 15) is 37.5 Å². The van der Waals surface area contributed by atoms with Crippen molar-refractivity contribution in [2.75, 3.05) is 9.80 Å². The smallest absolute Gasteiger partial charge is 0.258 e. The second-order valence-corrected chi connectivity index (χ2v) is 15.3. The summed E-state index contributed by atoms with van der Waals surface area (Å²) in [5.74, 6) is -22.0. The molecule has 2 aliphatic heterocycles. The van der Waals surface area contributed by atoms with E-state index < -0.39 is 104 Å². The van der Waals surface area contributed by atoms with Gasteiger partial charge in [-0.15, -0.1) is 23.2 Å². The summed E-state index contributed by atoms with van der Waals surface area (Å²) in [5, 5.41) is 11.1. The summed E-state index contributed by atoms with van der Waals surface area (Å²) in [7, 11) is 0. The van der Waals surface area contributed by atoms with Gasteiger partial charge in [0, 0.05) is 19.5 Å². The molecule has 16 heteroatoms. The number of aromatic hydroxyl groups is 1. The Kier molecular flexibility index (Phi) is 7.81. The van der Waals surface area contributed by atoms with Gasteiger partial charge in [-0.05, 0) is 83.8 Å². The van der Waals surface area contributed by atoms with Gasteiger partial charge in [-0.2, -0.15) is 0 Å². The zero-order valence-electron chi connectivity index (χ0n) is 23.7. The number of phenols is 1. The Morgan fingerprint density at radius 1 is 0.812 bits per heavy atom. The normalized spacial score (nSPS) is 29.6. The number of carbonyl (C=O) groups is 4. The number of anilines is 2. The number of carbonyl (C=O) groups excluding carboxylic acids is 4. The number of fused-ring (bicyclic) bond motifs is 4. The van der Waals surface area contributed by atoms with Gasteiger partial charge in [-0.1, -0.05) is 27.6 Å². The number of nitrogens with zero attached hydrogens (tertiary/aromatic N) is 2. The molecule has 3 fully saturated rings. The molecule has 0 radical (unpaired) electrons. The van der Waals surface area contributed by atoms with Crippen LogP contribution in [0.2, 0.25) is 0 Å². The Hall–Kier alpha value is -3.08. The molecule has 2 aliphatic carbocycles. The summed E-state index contributed by atoms with van der Waals surface area (Å²) in [6.45, 7) is 0. The standard InChI is InChI=1S/C32H17BrCl2F5IN2O5/c33-11-1-8-18(44)16(9-11)20-14-6-7-15-19(28(46)42(27(15)45)13-4-2-12(41)3-5-13)17(14)10-31(34)29(47)43(30(48)32(20,31)35)26-24(39)22(37)21(36)23(38)25(26)40/h1-6,8-9,15,17,19-20,44H,7,10H2/t15-,17+,19-,20+,31+,32-/m0/s1. The molecule has 0 bridgehead atoms. The number of hydrogen-bond donors (Lipinski definition) is 1. The molecule has 0 spiro atoms. The topological polar surface area (TPSA) is 95.0 Å². The Bertz CT molecular complexity index is 2020. The highest BCUT2D eigenvalue weighted by Gasteiger charge is 2.77. The Labute approximate surface area is 299 Å². The third kappa shape index (κ3) is 4.27. The fraction of sp³-hybridized carbons (Fsp3) is 0.250. The van der Waals surface area contributed by atoms with E-state index in [4.69, 9.17) is 23.2 Å². The quantitative estimate of drug-likeness (QED) is 0.0571. The number of halogens is 9. The molecule has 0 unspecified atom stereocenters. The van der Waals surface area contributed by atoms with Crippen molar-refractivity contribution >= 4 is 96.7 Å². The maximum Gasteiger partial charge on any atom is 0.258 e. The number of imide groups is 2. The lowest BCUT2D eigenvalue weighted by molar-refractivity contribution is -0.125. The fourth-order valence-corrected chi connectivity index (χ4v) is 9.18. The number of benzene rings is 3. The highest BCUT2D eigenvalue weighted by Crippen LogP contribution is 2.67. The molecule has 4 amide bonds. The van der Waals surface area contributed by atoms with Crippen LogP contribution >= 0.6 is 61.7 Å². The van der Waals surface area contributed by atoms with Crippen LogP contribution in [0.25, 0.3) is 0 Å². The minimum Gasteiger partial charge on any atom is -0.508 e. The molecule has 6 atom stereocenters. The highest BCUT2D eigenvalue weighted by atomic mass is 127. The van der Waals surface area contributed by atoms with Crippen LogP contribution in [0.1, 0.15) is 24.3 Å². The maximum absolute atomic E-state index is 15.2. The predicted molar refractivity (Wildman–Crippen MR) is 174 cm³/mol. The van der Waals surface area contributed by atoms with Crippen LogP contribution in [0, 0.1) is 50.4 Å². The lowest BCUT2D eigenvalue weighted by Crippen LogP contribution is -2.60. The van der Waals surface area contributed by atoms with Crippen LogP contribution in [-0.4, -0.2) is 38.5 Å². The predicted octanol–water partition coefficient (Wildman–Crippen LogP) is 7.22. The van der Waals surface area contributed by atoms with E-state index in [1.165, 1.54) is 18.2 Å². The molecule has 3 aromatic carbocycles. The Morgan fingerprint density at radius 3 is 2.04 bits per heavy atom. The number of allylic oxidation sites excluding steroid dienone is 2. The molecule has 3 aromatic rings. The lowest BCUT2D eigenvalue weighted by Gasteiger charge is -2.50. The first-order valence-electron chi connectivity index (χ1n) is 14.2. The first-order chi connectivity index (χ1) is 22.6. The molecule has 7 rings (SSSR count). The Balaban J connectivity index is 1.44. The maximum atomic E-state index is 15.2. The van der Waals surface area contributed by atoms with E-state index in [2.05, 4.69) is 38.5 Å². The van der Waals surface area contributed by atoms with Crippen LogP contribution in [0.5, 0.6) is 5.75 Å². The molecule has 2 saturated heterocycles. The minimum absolute atomic E-state index is 0.0288. The third-order valence-corrected chi connectivity index (χ3v) is 12.2. The molecule has 1 saturated carbocycles. The summed E-state index contributed by atoms with van der Waals surface area (Å²) in [5.41, 5.74) is -1.46. The molecule has 2 heterocycles. The van der Waals surface area contributed by atoms with Crippen molar-refractivity contribution < 1.29 is 46.2 Å². The summed E-state index contributed by atoms with van der Waals surface area (Å²) in [6, 6.07) is 10.6. The van der Waals surface area contributed by atoms with Crippen molar-refractivity contribution in [3.63, 3.8) is 0 Å². The van der Waals surface area contributed by atoms with Gasteiger partial charge >= 0.3 is 0 Å². The van der Waals surface area contributed by atoms with Crippen molar-refractivity contribution in [3.8, 4) is 5.75 Å². The second-order valence-electron chi connectivity index (χ2n) is 11.9. The van der Waals surface area contributed by atoms with Gasteiger partial charge in [0.15, 0.2) is 33.0 Å². The van der Waals surface area contributed by atoms with E-state index in [-0.39, 0.29) is 28.1 Å². The zero-order valence-corrected chi connectivity index (χ0v) is 29.0. The monoisotopic (exact) mass is 880 g/mol. The van der Waals surface area contributed by atoms with Crippen LogP contribution in [-0.2, 0) is 19.2 Å². The lowest BCUT2D eigenvalue weighted by atomic mass is 9.56. The highest BCUT2D eigenvalue weighted by molar-refractivity contribution is 14.1. The summed E-state index contributed by atoms with van der Waals surface area (Å²) in [6.07, 6.45) is 0.879. The zero-order chi connectivity index (χ0) is 34.8. The van der Waals surface area contributed by atoms with Gasteiger partial charge < -0.3 is 5.11 Å². The van der Waals surface area contributed by atoms with E-state index in [1.807, 2.05) is 0 Å². The van der Waals surface area contributed by atoms with Gasteiger partial charge in [0.25, 0.3) is 11.8 Å². The van der Waals surface area contributed by atoms with Crippen molar-refractivity contribution in [1.29, 1.82) is 0 Å². The van der Waals surface area contributed by atoms with Gasteiger partial charge in [0.2, 0.25) is 17.6 Å². The first kappa shape index (κ1) is 33.4. The fourth-order valence-electron chi connectivity index (χ4n) is 7.51. The molecule has 248 valence electrons. The van der Waals surface area contributed by atoms with Crippen molar-refractivity contribution in [1.82, 2.24) is 0 Å². The number of hydrogen-bond acceptors (Lipinski definition) is 5. The average molecular weight is 882 g/mol. The van der Waals surface area contributed by atoms with E-state index in [0.717, 1.165) is 8.47 Å². The number of amides is 4. The molecular formula is C32H17BrCl2F5IN2O5. The third-order valence-electron chi connectivity index (χ3n) is 9.61. The first-order valence-corrected chi connectivity index (χ1v) is 16.8. The van der Waals surface area contributed by atoms with Gasteiger partial charge in [-0.3, -0.25) is 24.1 Å². The number of alkyl halides is 2. The van der Waals surface area contributed by atoms with Crippen LogP contribution in [0.4, 0.5) is 33.3 Å². The molecule has 0 aromatic heterocycles. The minimum atomic E-state index is -2.74. The van der Waals surface area contributed by atoms with Crippen LogP contribution in [0.15, 0.2) is 58.6 Å². The summed E-state index contributed by atoms with van der Waals surface area (Å²) < 4.78 is 74.3. The summed E-state index contributed by atoms with van der Waals surface area (Å²) in [4.78, 5) is 51.7. The van der Waals surface area contributed by atoms with Crippen LogP contribution < -0.4 is 9.80 Å². The van der Waals surface area contributed by atoms with Crippen molar-refractivity contribution in [2.45, 2.75) is 28.5 Å². The van der Waals surface area contributed by atoms with E-state index >= 15 is 8.78 Å². The van der Waals surface area contributed by atoms with Gasteiger partial charge in [0.05, 0.1) is 17.5 Å².